The molecule has 1 aliphatic rings. The molecule has 0 bridgehead atoms. The number of likely N-dealkylation sites (tertiary alicyclic amines) is 1. The molecule has 2 heterocycles. The van der Waals surface area contributed by atoms with Crippen molar-refractivity contribution in [3.05, 3.63) is 28.0 Å². The van der Waals surface area contributed by atoms with E-state index in [4.69, 9.17) is 23.2 Å². The van der Waals surface area contributed by atoms with E-state index in [1.54, 1.807) is 0 Å². The number of aromatic nitrogens is 1. The van der Waals surface area contributed by atoms with E-state index in [0.29, 0.717) is 12.1 Å². The van der Waals surface area contributed by atoms with Crippen LogP contribution in [0, 0.1) is 0 Å². The number of piperidine rings is 1. The molecule has 1 aromatic rings. The highest BCUT2D eigenvalue weighted by atomic mass is 35.5. The molecule has 0 spiro atoms. The largest absolute Gasteiger partial charge is 0.352 e. The zero-order valence-electron chi connectivity index (χ0n) is 11.4. The molecule has 0 radical (unpaired) electrons. The molecule has 0 saturated carbocycles. The van der Waals surface area contributed by atoms with Crippen molar-refractivity contribution in [1.82, 2.24) is 15.2 Å². The van der Waals surface area contributed by atoms with E-state index in [1.807, 2.05) is 0 Å². The fourth-order valence-electron chi connectivity index (χ4n) is 2.39. The minimum atomic E-state index is -0.158. The van der Waals surface area contributed by atoms with Crippen molar-refractivity contribution < 1.29 is 4.79 Å². The van der Waals surface area contributed by atoms with Gasteiger partial charge in [0, 0.05) is 12.1 Å². The maximum absolute atomic E-state index is 11.9. The van der Waals surface area contributed by atoms with Crippen molar-refractivity contribution in [2.24, 2.45) is 0 Å². The molecule has 0 atom stereocenters. The van der Waals surface area contributed by atoms with Gasteiger partial charge < -0.3 is 10.2 Å². The van der Waals surface area contributed by atoms with E-state index < -0.39 is 0 Å². The zero-order chi connectivity index (χ0) is 14.4. The van der Waals surface area contributed by atoms with Crippen LogP contribution in [0.4, 0.5) is 0 Å². The first kappa shape index (κ1) is 15.5. The Hall–Kier alpha value is -0.840. The van der Waals surface area contributed by atoms with Crippen molar-refractivity contribution in [3.8, 4) is 0 Å². The molecule has 1 aromatic heterocycles. The molecule has 4 nitrogen and oxygen atoms in total. The van der Waals surface area contributed by atoms with Gasteiger partial charge in [0.15, 0.2) is 0 Å². The number of nitrogens with one attached hydrogen (secondary N) is 1. The number of halogens is 2. The lowest BCUT2D eigenvalue weighted by Gasteiger charge is -2.26. The summed E-state index contributed by atoms with van der Waals surface area (Å²) in [6, 6.07) is 3.04. The highest BCUT2D eigenvalue weighted by Crippen LogP contribution is 2.14. The summed E-state index contributed by atoms with van der Waals surface area (Å²) in [7, 11) is 0. The Kier molecular flexibility index (Phi) is 6.07. The Morgan fingerprint density at radius 1 is 1.20 bits per heavy atom. The van der Waals surface area contributed by atoms with Crippen LogP contribution in [0.25, 0.3) is 0 Å². The maximum atomic E-state index is 11.9. The Morgan fingerprint density at radius 2 is 1.85 bits per heavy atom. The maximum Gasteiger partial charge on any atom is 0.251 e. The molecule has 20 heavy (non-hydrogen) atoms. The van der Waals surface area contributed by atoms with Gasteiger partial charge in [-0.25, -0.2) is 4.98 Å². The highest BCUT2D eigenvalue weighted by Gasteiger charge is 2.10. The lowest BCUT2D eigenvalue weighted by atomic mass is 10.1. The first-order valence-electron chi connectivity index (χ1n) is 6.99. The third-order valence-electron chi connectivity index (χ3n) is 3.41. The van der Waals surface area contributed by atoms with E-state index >= 15 is 0 Å². The average Bonchev–Trinajstić information content (AvgIpc) is 2.43. The van der Waals surface area contributed by atoms with Crippen LogP contribution < -0.4 is 5.32 Å². The number of carbonyl (C=O) groups excluding carboxylic acids is 1. The lowest BCUT2D eigenvalue weighted by molar-refractivity contribution is 0.0951. The number of carbonyl (C=O) groups is 1. The third kappa shape index (κ3) is 4.93. The number of pyridine rings is 1. The summed E-state index contributed by atoms with van der Waals surface area (Å²) in [5, 5.41) is 3.35. The summed E-state index contributed by atoms with van der Waals surface area (Å²) in [5.74, 6) is -0.158. The molecule has 1 saturated heterocycles. The van der Waals surface area contributed by atoms with E-state index in [9.17, 15) is 4.79 Å². The van der Waals surface area contributed by atoms with Crippen molar-refractivity contribution >= 4 is 29.1 Å². The summed E-state index contributed by atoms with van der Waals surface area (Å²) < 4.78 is 0. The van der Waals surface area contributed by atoms with Crippen molar-refractivity contribution in [2.75, 3.05) is 26.2 Å². The molecule has 0 unspecified atom stereocenters. The minimum Gasteiger partial charge on any atom is -0.352 e. The van der Waals surface area contributed by atoms with Crippen LogP contribution in [-0.4, -0.2) is 42.0 Å². The Morgan fingerprint density at radius 3 is 2.50 bits per heavy atom. The van der Waals surface area contributed by atoms with Gasteiger partial charge in [-0.2, -0.15) is 0 Å². The predicted octanol–water partition coefficient (Wildman–Crippen LogP) is 2.99. The molecule has 6 heteroatoms. The molecule has 1 fully saturated rings. The normalized spacial score (nSPS) is 16.1. The van der Waals surface area contributed by atoms with Gasteiger partial charge >= 0.3 is 0 Å². The average molecular weight is 316 g/mol. The fourth-order valence-corrected chi connectivity index (χ4v) is 2.85. The van der Waals surface area contributed by atoms with Gasteiger partial charge in [0.25, 0.3) is 5.91 Å². The van der Waals surface area contributed by atoms with Gasteiger partial charge in [0.2, 0.25) is 0 Å². The van der Waals surface area contributed by atoms with Gasteiger partial charge in [-0.15, -0.1) is 0 Å². The minimum absolute atomic E-state index is 0.158. The number of amides is 1. The second kappa shape index (κ2) is 7.81. The molecule has 2 rings (SSSR count). The SMILES string of the molecule is O=C(NCCCN1CCCCC1)c1cc(Cl)nc(Cl)c1. The summed E-state index contributed by atoms with van der Waals surface area (Å²) in [6.07, 6.45) is 4.88. The van der Waals surface area contributed by atoms with E-state index in [1.165, 1.54) is 44.5 Å². The number of nitrogens with zero attached hydrogens (tertiary/aromatic N) is 2. The van der Waals surface area contributed by atoms with Gasteiger partial charge in [-0.3, -0.25) is 4.79 Å². The number of hydrogen-bond acceptors (Lipinski definition) is 3. The first-order chi connectivity index (χ1) is 9.65. The highest BCUT2D eigenvalue weighted by molar-refractivity contribution is 6.33. The third-order valence-corrected chi connectivity index (χ3v) is 3.80. The predicted molar refractivity (Wildman–Crippen MR) is 81.5 cm³/mol. The van der Waals surface area contributed by atoms with Crippen LogP contribution in [-0.2, 0) is 0 Å². The fraction of sp³-hybridized carbons (Fsp3) is 0.571. The Balaban J connectivity index is 1.71. The first-order valence-corrected chi connectivity index (χ1v) is 7.74. The van der Waals surface area contributed by atoms with Crippen molar-refractivity contribution in [3.63, 3.8) is 0 Å². The summed E-state index contributed by atoms with van der Waals surface area (Å²) >= 11 is 11.5. The molecular weight excluding hydrogens is 297 g/mol. The number of hydrogen-bond donors (Lipinski definition) is 1. The van der Waals surface area contributed by atoms with Gasteiger partial charge in [-0.05, 0) is 51.0 Å². The van der Waals surface area contributed by atoms with Crippen LogP contribution in [0.2, 0.25) is 10.3 Å². The number of rotatable bonds is 5. The van der Waals surface area contributed by atoms with Crippen LogP contribution in [0.3, 0.4) is 0 Å². The van der Waals surface area contributed by atoms with Crippen molar-refractivity contribution in [1.29, 1.82) is 0 Å². The van der Waals surface area contributed by atoms with Gasteiger partial charge in [0.1, 0.15) is 10.3 Å². The van der Waals surface area contributed by atoms with Crippen LogP contribution >= 0.6 is 23.2 Å². The van der Waals surface area contributed by atoms with E-state index in [0.717, 1.165) is 13.0 Å². The molecule has 1 aliphatic heterocycles. The monoisotopic (exact) mass is 315 g/mol. The molecule has 1 amide bonds. The quantitative estimate of drug-likeness (QED) is 0.671. The Bertz CT molecular complexity index is 441. The van der Waals surface area contributed by atoms with Crippen LogP contribution in [0.15, 0.2) is 12.1 Å². The van der Waals surface area contributed by atoms with Crippen LogP contribution in [0.1, 0.15) is 36.0 Å². The standard InChI is InChI=1S/C14H19Cl2N3O/c15-12-9-11(10-13(16)18-12)14(20)17-5-4-8-19-6-2-1-3-7-19/h9-10H,1-8H2,(H,17,20). The Labute approximate surface area is 129 Å². The zero-order valence-corrected chi connectivity index (χ0v) is 12.9. The van der Waals surface area contributed by atoms with E-state index in [2.05, 4.69) is 15.2 Å². The molecule has 110 valence electrons. The summed E-state index contributed by atoms with van der Waals surface area (Å²) in [5.41, 5.74) is 0.452. The molecule has 0 aliphatic carbocycles. The summed E-state index contributed by atoms with van der Waals surface area (Å²) in [6.45, 7) is 4.07. The molecular formula is C14H19Cl2N3O. The summed E-state index contributed by atoms with van der Waals surface area (Å²) in [4.78, 5) is 18.2. The topological polar surface area (TPSA) is 45.2 Å². The van der Waals surface area contributed by atoms with Gasteiger partial charge in [-0.1, -0.05) is 29.6 Å². The lowest BCUT2D eigenvalue weighted by Crippen LogP contribution is -2.33. The molecule has 1 N–H and O–H groups in total. The second-order valence-electron chi connectivity index (χ2n) is 5.01. The molecule has 0 aromatic carbocycles. The smallest absolute Gasteiger partial charge is 0.251 e. The van der Waals surface area contributed by atoms with Crippen LogP contribution in [0.5, 0.6) is 0 Å². The van der Waals surface area contributed by atoms with Gasteiger partial charge in [0.05, 0.1) is 0 Å². The second-order valence-corrected chi connectivity index (χ2v) is 5.79. The van der Waals surface area contributed by atoms with Crippen molar-refractivity contribution in [2.45, 2.75) is 25.7 Å². The van der Waals surface area contributed by atoms with E-state index in [-0.39, 0.29) is 16.2 Å².